The van der Waals surface area contributed by atoms with Gasteiger partial charge in [-0.15, -0.1) is 11.3 Å². The molecule has 7 heteroatoms. The zero-order valence-electron chi connectivity index (χ0n) is 11.6. The molecule has 0 saturated carbocycles. The molecule has 1 heterocycles. The fraction of sp³-hybridized carbons (Fsp3) is 0.286. The van der Waals surface area contributed by atoms with Crippen molar-refractivity contribution in [1.82, 2.24) is 4.72 Å². The molecular weight excluding hydrogens is 372 g/mol. The summed E-state index contributed by atoms with van der Waals surface area (Å²) >= 11 is 4.90. The van der Waals surface area contributed by atoms with Crippen LogP contribution in [0.15, 0.2) is 39.7 Å². The molecule has 21 heavy (non-hydrogen) atoms. The van der Waals surface area contributed by atoms with Crippen molar-refractivity contribution >= 4 is 37.3 Å². The normalized spacial score (nSPS) is 11.8. The Morgan fingerprint density at radius 1 is 1.24 bits per heavy atom. The second-order valence-corrected chi connectivity index (χ2v) is 8.36. The number of thiophene rings is 1. The molecule has 0 unspecified atom stereocenters. The van der Waals surface area contributed by atoms with Crippen LogP contribution in [0.4, 0.5) is 0 Å². The molecule has 0 radical (unpaired) electrons. The van der Waals surface area contributed by atoms with Crippen molar-refractivity contribution in [2.24, 2.45) is 5.73 Å². The minimum Gasteiger partial charge on any atom is -0.326 e. The second-order valence-electron chi connectivity index (χ2n) is 4.52. The van der Waals surface area contributed by atoms with E-state index in [1.165, 1.54) is 4.88 Å². The van der Waals surface area contributed by atoms with E-state index in [1.54, 1.807) is 29.5 Å². The Balaban J connectivity index is 2.18. The summed E-state index contributed by atoms with van der Waals surface area (Å²) < 4.78 is 28.0. The van der Waals surface area contributed by atoms with Crippen LogP contribution in [0.3, 0.4) is 0 Å². The molecule has 0 bridgehead atoms. The third-order valence-corrected chi connectivity index (χ3v) is 6.65. The summed E-state index contributed by atoms with van der Waals surface area (Å²) in [6.45, 7) is 2.68. The predicted molar refractivity (Wildman–Crippen MR) is 89.8 cm³/mol. The van der Waals surface area contributed by atoms with E-state index in [0.717, 1.165) is 16.9 Å². The Labute approximate surface area is 137 Å². The van der Waals surface area contributed by atoms with Crippen LogP contribution >= 0.6 is 27.3 Å². The third-order valence-electron chi connectivity index (χ3n) is 3.02. The average Bonchev–Trinajstić information content (AvgIpc) is 2.94. The van der Waals surface area contributed by atoms with Gasteiger partial charge in [-0.3, -0.25) is 0 Å². The van der Waals surface area contributed by atoms with Crippen LogP contribution in [0.5, 0.6) is 0 Å². The second kappa shape index (κ2) is 7.02. The van der Waals surface area contributed by atoms with Gasteiger partial charge in [-0.2, -0.15) is 0 Å². The smallest absolute Gasteiger partial charge is 0.242 e. The molecule has 2 rings (SSSR count). The molecule has 1 aromatic carbocycles. The molecule has 0 aliphatic carbocycles. The van der Waals surface area contributed by atoms with Gasteiger partial charge in [0, 0.05) is 27.3 Å². The van der Waals surface area contributed by atoms with E-state index in [9.17, 15) is 8.42 Å². The van der Waals surface area contributed by atoms with Crippen molar-refractivity contribution in [3.05, 3.63) is 50.1 Å². The number of hydrogen-bond acceptors (Lipinski definition) is 4. The Hall–Kier alpha value is -0.730. The molecule has 0 amide bonds. The SMILES string of the molecule is CCc1ccc(CNS(=O)(=O)c2cc(CN)ccc2Br)s1. The van der Waals surface area contributed by atoms with Gasteiger partial charge in [-0.25, -0.2) is 13.1 Å². The molecule has 0 fully saturated rings. The Morgan fingerprint density at radius 3 is 2.57 bits per heavy atom. The van der Waals surface area contributed by atoms with Crippen molar-refractivity contribution in [2.75, 3.05) is 0 Å². The summed E-state index contributed by atoms with van der Waals surface area (Å²) in [7, 11) is -3.56. The lowest BCUT2D eigenvalue weighted by Crippen LogP contribution is -2.23. The van der Waals surface area contributed by atoms with Crippen LogP contribution in [0.1, 0.15) is 22.2 Å². The Bertz CT molecular complexity index is 726. The van der Waals surface area contributed by atoms with Gasteiger partial charge in [0.25, 0.3) is 0 Å². The molecule has 0 aliphatic rings. The maximum atomic E-state index is 12.4. The largest absolute Gasteiger partial charge is 0.326 e. The fourth-order valence-electron chi connectivity index (χ4n) is 1.83. The Kier molecular flexibility index (Phi) is 5.56. The maximum absolute atomic E-state index is 12.4. The van der Waals surface area contributed by atoms with Gasteiger partial charge in [-0.1, -0.05) is 13.0 Å². The Morgan fingerprint density at radius 2 is 1.95 bits per heavy atom. The zero-order valence-corrected chi connectivity index (χ0v) is 14.8. The van der Waals surface area contributed by atoms with E-state index in [1.807, 2.05) is 12.1 Å². The lowest BCUT2D eigenvalue weighted by molar-refractivity contribution is 0.581. The highest BCUT2D eigenvalue weighted by atomic mass is 79.9. The average molecular weight is 389 g/mol. The summed E-state index contributed by atoms with van der Waals surface area (Å²) in [6.07, 6.45) is 0.960. The van der Waals surface area contributed by atoms with E-state index in [4.69, 9.17) is 5.73 Å². The van der Waals surface area contributed by atoms with Crippen LogP contribution in [-0.4, -0.2) is 8.42 Å². The lowest BCUT2D eigenvalue weighted by Gasteiger charge is -2.09. The van der Waals surface area contributed by atoms with E-state index in [0.29, 0.717) is 17.6 Å². The third kappa shape index (κ3) is 4.14. The molecular formula is C14H17BrN2O2S2. The van der Waals surface area contributed by atoms with E-state index in [-0.39, 0.29) is 4.90 Å². The molecule has 0 atom stereocenters. The van der Waals surface area contributed by atoms with Crippen LogP contribution in [-0.2, 0) is 29.5 Å². The van der Waals surface area contributed by atoms with Crippen molar-refractivity contribution in [3.63, 3.8) is 0 Å². The van der Waals surface area contributed by atoms with Crippen molar-refractivity contribution in [2.45, 2.75) is 31.3 Å². The zero-order chi connectivity index (χ0) is 15.5. The minimum absolute atomic E-state index is 0.220. The van der Waals surface area contributed by atoms with Crippen molar-refractivity contribution in [1.29, 1.82) is 0 Å². The van der Waals surface area contributed by atoms with Crippen LogP contribution in [0.2, 0.25) is 0 Å². The van der Waals surface area contributed by atoms with E-state index >= 15 is 0 Å². The first-order valence-electron chi connectivity index (χ1n) is 6.52. The first kappa shape index (κ1) is 16.6. The fourth-order valence-corrected chi connectivity index (χ4v) is 4.84. The summed E-state index contributed by atoms with van der Waals surface area (Å²) in [5, 5.41) is 0. The number of hydrogen-bond donors (Lipinski definition) is 2. The van der Waals surface area contributed by atoms with Gasteiger partial charge in [0.1, 0.15) is 0 Å². The standard InChI is InChI=1S/C14H17BrN2O2S2/c1-2-11-4-5-12(20-11)9-17-21(18,19)14-7-10(8-16)3-6-13(14)15/h3-7,17H,2,8-9,16H2,1H3. The van der Waals surface area contributed by atoms with Crippen LogP contribution in [0.25, 0.3) is 0 Å². The number of nitrogens with two attached hydrogens (primary N) is 1. The molecule has 2 aromatic rings. The van der Waals surface area contributed by atoms with Gasteiger partial charge in [0.05, 0.1) is 4.90 Å². The maximum Gasteiger partial charge on any atom is 0.242 e. The molecule has 0 spiro atoms. The van der Waals surface area contributed by atoms with Gasteiger partial charge in [0.15, 0.2) is 0 Å². The van der Waals surface area contributed by atoms with Gasteiger partial charge in [-0.05, 0) is 52.2 Å². The van der Waals surface area contributed by atoms with Crippen molar-refractivity contribution < 1.29 is 8.42 Å². The number of aryl methyl sites for hydroxylation is 1. The monoisotopic (exact) mass is 388 g/mol. The molecule has 0 saturated heterocycles. The summed E-state index contributed by atoms with van der Waals surface area (Å²) in [4.78, 5) is 2.47. The van der Waals surface area contributed by atoms with Crippen LogP contribution < -0.4 is 10.5 Å². The van der Waals surface area contributed by atoms with Gasteiger partial charge >= 0.3 is 0 Å². The number of rotatable bonds is 6. The minimum atomic E-state index is -3.56. The number of halogens is 1. The van der Waals surface area contributed by atoms with Gasteiger partial charge in [0.2, 0.25) is 10.0 Å². The number of benzene rings is 1. The summed E-state index contributed by atoms with van der Waals surface area (Å²) in [5.74, 6) is 0. The van der Waals surface area contributed by atoms with E-state index in [2.05, 4.69) is 27.6 Å². The molecule has 3 N–H and O–H groups in total. The lowest BCUT2D eigenvalue weighted by atomic mass is 10.2. The van der Waals surface area contributed by atoms with Crippen LogP contribution in [0, 0.1) is 0 Å². The number of sulfonamides is 1. The highest BCUT2D eigenvalue weighted by Crippen LogP contribution is 2.24. The highest BCUT2D eigenvalue weighted by Gasteiger charge is 2.18. The topological polar surface area (TPSA) is 72.2 Å². The summed E-state index contributed by atoms with van der Waals surface area (Å²) in [5.41, 5.74) is 6.35. The van der Waals surface area contributed by atoms with Gasteiger partial charge < -0.3 is 5.73 Å². The van der Waals surface area contributed by atoms with Crippen molar-refractivity contribution in [3.8, 4) is 0 Å². The molecule has 1 aromatic heterocycles. The quantitative estimate of drug-likeness (QED) is 0.798. The first-order chi connectivity index (χ1) is 9.96. The molecule has 114 valence electrons. The molecule has 4 nitrogen and oxygen atoms in total. The van der Waals surface area contributed by atoms with E-state index < -0.39 is 10.0 Å². The number of nitrogens with one attached hydrogen (secondary N) is 1. The first-order valence-corrected chi connectivity index (χ1v) is 9.61. The predicted octanol–water partition coefficient (Wildman–Crippen LogP) is 3.01. The summed E-state index contributed by atoms with van der Waals surface area (Å²) in [6, 6.07) is 9.09. The highest BCUT2D eigenvalue weighted by molar-refractivity contribution is 9.10. The molecule has 0 aliphatic heterocycles.